The van der Waals surface area contributed by atoms with Crippen LogP contribution in [0.15, 0.2) is 22.6 Å². The van der Waals surface area contributed by atoms with Gasteiger partial charge in [-0.1, -0.05) is 30.9 Å². The monoisotopic (exact) mass is 279 g/mol. The average Bonchev–Trinajstić information content (AvgIpc) is 2.81. The molecule has 2 aromatic rings. The van der Waals surface area contributed by atoms with Crippen LogP contribution in [0.5, 0.6) is 0 Å². The maximum Gasteiger partial charge on any atom is 0.296 e. The van der Waals surface area contributed by atoms with Gasteiger partial charge in [-0.3, -0.25) is 0 Å². The van der Waals surface area contributed by atoms with E-state index in [4.69, 9.17) is 21.8 Å². The lowest BCUT2D eigenvalue weighted by Gasteiger charge is -2.36. The molecule has 1 aliphatic rings. The molecule has 3 N–H and O–H groups in total. The van der Waals surface area contributed by atoms with Crippen LogP contribution < -0.4 is 11.1 Å². The van der Waals surface area contributed by atoms with Crippen molar-refractivity contribution in [2.75, 3.05) is 11.9 Å². The number of fused-ring (bicyclic) bond motifs is 1. The summed E-state index contributed by atoms with van der Waals surface area (Å²) in [6.07, 6.45) is 5.84. The molecule has 1 aromatic carbocycles. The van der Waals surface area contributed by atoms with E-state index in [1.165, 1.54) is 19.3 Å². The van der Waals surface area contributed by atoms with Crippen LogP contribution in [0.3, 0.4) is 0 Å². The molecule has 0 unspecified atom stereocenters. The maximum atomic E-state index is 5.95. The van der Waals surface area contributed by atoms with E-state index in [9.17, 15) is 0 Å². The van der Waals surface area contributed by atoms with Crippen LogP contribution in [0.25, 0.3) is 11.1 Å². The van der Waals surface area contributed by atoms with Crippen molar-refractivity contribution < 1.29 is 4.42 Å². The molecule has 1 saturated carbocycles. The number of hydrogen-bond acceptors (Lipinski definition) is 4. The summed E-state index contributed by atoms with van der Waals surface area (Å²) < 4.78 is 5.72. The highest BCUT2D eigenvalue weighted by atomic mass is 35.5. The number of oxazole rings is 1. The summed E-state index contributed by atoms with van der Waals surface area (Å²) in [6, 6.07) is 6.01. The Balaban J connectivity index is 1.87. The van der Waals surface area contributed by atoms with E-state index in [2.05, 4.69) is 10.3 Å². The first-order valence-electron chi connectivity index (χ1n) is 6.75. The third kappa shape index (κ3) is 2.55. The molecule has 19 heavy (non-hydrogen) atoms. The molecule has 4 nitrogen and oxygen atoms in total. The maximum absolute atomic E-state index is 5.95. The van der Waals surface area contributed by atoms with Crippen LogP contribution >= 0.6 is 11.6 Å². The first-order valence-corrected chi connectivity index (χ1v) is 7.13. The molecule has 3 rings (SSSR count). The summed E-state index contributed by atoms with van der Waals surface area (Å²) in [5.41, 5.74) is 7.41. The standard InChI is InChI=1S/C14H18ClN3O/c15-10-4-5-11-12(8-10)19-13(17-11)18-14(9-16)6-2-1-3-7-14/h4-5,8H,1-3,6-7,9,16H2,(H,17,18). The fraction of sp³-hybridized carbons (Fsp3) is 0.500. The Hall–Kier alpha value is -1.26. The predicted octanol–water partition coefficient (Wildman–Crippen LogP) is 3.55. The number of aromatic nitrogens is 1. The molecule has 0 amide bonds. The summed E-state index contributed by atoms with van der Waals surface area (Å²) in [7, 11) is 0. The summed E-state index contributed by atoms with van der Waals surface area (Å²) in [6.45, 7) is 0.604. The van der Waals surface area contributed by atoms with Crippen LogP contribution in [0.1, 0.15) is 32.1 Å². The number of hydrogen-bond donors (Lipinski definition) is 2. The molecule has 0 saturated heterocycles. The zero-order chi connectivity index (χ0) is 13.3. The Kier molecular flexibility index (Phi) is 3.37. The van der Waals surface area contributed by atoms with Crippen molar-refractivity contribution in [1.82, 2.24) is 4.98 Å². The predicted molar refractivity (Wildman–Crippen MR) is 77.5 cm³/mol. The van der Waals surface area contributed by atoms with E-state index in [-0.39, 0.29) is 5.54 Å². The van der Waals surface area contributed by atoms with Gasteiger partial charge in [-0.25, -0.2) is 0 Å². The lowest BCUT2D eigenvalue weighted by molar-refractivity contribution is 0.323. The van der Waals surface area contributed by atoms with E-state index in [1.54, 1.807) is 6.07 Å². The molecular formula is C14H18ClN3O. The van der Waals surface area contributed by atoms with Gasteiger partial charge >= 0.3 is 0 Å². The number of nitrogens with two attached hydrogens (primary N) is 1. The molecule has 1 heterocycles. The molecule has 0 radical (unpaired) electrons. The fourth-order valence-electron chi connectivity index (χ4n) is 2.79. The van der Waals surface area contributed by atoms with Crippen molar-refractivity contribution in [3.63, 3.8) is 0 Å². The Morgan fingerprint density at radius 1 is 1.32 bits per heavy atom. The van der Waals surface area contributed by atoms with Gasteiger partial charge in [0.25, 0.3) is 6.01 Å². The molecule has 0 atom stereocenters. The molecule has 1 aromatic heterocycles. The first kappa shape index (κ1) is 12.8. The largest absolute Gasteiger partial charge is 0.423 e. The quantitative estimate of drug-likeness (QED) is 0.902. The minimum absolute atomic E-state index is 0.0665. The van der Waals surface area contributed by atoms with E-state index < -0.39 is 0 Å². The second-order valence-corrected chi connectivity index (χ2v) is 5.74. The molecule has 5 heteroatoms. The third-order valence-electron chi connectivity index (χ3n) is 3.92. The normalized spacial score (nSPS) is 18.6. The highest BCUT2D eigenvalue weighted by molar-refractivity contribution is 6.31. The van der Waals surface area contributed by atoms with Gasteiger partial charge in [-0.15, -0.1) is 0 Å². The number of nitrogens with one attached hydrogen (secondary N) is 1. The van der Waals surface area contributed by atoms with Gasteiger partial charge in [0.1, 0.15) is 5.52 Å². The van der Waals surface area contributed by atoms with Gasteiger partial charge in [0, 0.05) is 17.6 Å². The summed E-state index contributed by atoms with van der Waals surface area (Å²) in [5.74, 6) is 0. The van der Waals surface area contributed by atoms with Gasteiger partial charge in [-0.05, 0) is 25.0 Å². The lowest BCUT2D eigenvalue weighted by Crippen LogP contribution is -2.47. The number of benzene rings is 1. The molecule has 102 valence electrons. The Morgan fingerprint density at radius 2 is 2.11 bits per heavy atom. The van der Waals surface area contributed by atoms with Crippen LogP contribution in [-0.4, -0.2) is 17.1 Å². The topological polar surface area (TPSA) is 64.1 Å². The second kappa shape index (κ2) is 5.02. The van der Waals surface area contributed by atoms with Gasteiger partial charge in [0.05, 0.1) is 5.54 Å². The smallest absolute Gasteiger partial charge is 0.296 e. The Morgan fingerprint density at radius 3 is 2.84 bits per heavy atom. The summed E-state index contributed by atoms with van der Waals surface area (Å²) >= 11 is 5.95. The molecule has 1 fully saturated rings. The van der Waals surface area contributed by atoms with Crippen molar-refractivity contribution >= 4 is 28.7 Å². The van der Waals surface area contributed by atoms with Crippen LogP contribution in [0.2, 0.25) is 5.02 Å². The molecular weight excluding hydrogens is 262 g/mol. The van der Waals surface area contributed by atoms with Gasteiger partial charge in [0.2, 0.25) is 0 Å². The summed E-state index contributed by atoms with van der Waals surface area (Å²) in [4.78, 5) is 4.45. The fourth-order valence-corrected chi connectivity index (χ4v) is 2.95. The van der Waals surface area contributed by atoms with Crippen molar-refractivity contribution in [3.05, 3.63) is 23.2 Å². The zero-order valence-corrected chi connectivity index (χ0v) is 11.5. The number of rotatable bonds is 3. The highest BCUT2D eigenvalue weighted by Gasteiger charge is 2.31. The van der Waals surface area contributed by atoms with Crippen LogP contribution in [-0.2, 0) is 0 Å². The minimum Gasteiger partial charge on any atom is -0.423 e. The zero-order valence-electron chi connectivity index (χ0n) is 10.8. The van der Waals surface area contributed by atoms with Gasteiger partial charge in [0.15, 0.2) is 5.58 Å². The van der Waals surface area contributed by atoms with E-state index in [1.807, 2.05) is 12.1 Å². The first-order chi connectivity index (χ1) is 9.21. The van der Waals surface area contributed by atoms with Crippen molar-refractivity contribution in [1.29, 1.82) is 0 Å². The molecule has 0 spiro atoms. The molecule has 0 aliphatic heterocycles. The van der Waals surface area contributed by atoms with E-state index >= 15 is 0 Å². The van der Waals surface area contributed by atoms with E-state index in [0.717, 1.165) is 18.4 Å². The SMILES string of the molecule is NCC1(Nc2nc3ccc(Cl)cc3o2)CCCCC1. The Bertz CT molecular complexity index is 575. The number of halogens is 1. The third-order valence-corrected chi connectivity index (χ3v) is 4.16. The van der Waals surface area contributed by atoms with Crippen LogP contribution in [0.4, 0.5) is 6.01 Å². The average molecular weight is 280 g/mol. The molecule has 0 bridgehead atoms. The second-order valence-electron chi connectivity index (χ2n) is 5.30. The van der Waals surface area contributed by atoms with Crippen LogP contribution in [0, 0.1) is 0 Å². The number of nitrogens with zero attached hydrogens (tertiary/aromatic N) is 1. The van der Waals surface area contributed by atoms with Crippen molar-refractivity contribution in [2.24, 2.45) is 5.73 Å². The van der Waals surface area contributed by atoms with Gasteiger partial charge < -0.3 is 15.5 Å². The highest BCUT2D eigenvalue weighted by Crippen LogP contribution is 2.32. The minimum atomic E-state index is -0.0665. The van der Waals surface area contributed by atoms with E-state index in [0.29, 0.717) is 23.2 Å². The lowest BCUT2D eigenvalue weighted by atomic mass is 9.82. The Labute approximate surface area is 117 Å². The summed E-state index contributed by atoms with van der Waals surface area (Å²) in [5, 5.41) is 4.06. The van der Waals surface area contributed by atoms with Crippen molar-refractivity contribution in [3.8, 4) is 0 Å². The molecule has 1 aliphatic carbocycles. The van der Waals surface area contributed by atoms with Crippen molar-refractivity contribution in [2.45, 2.75) is 37.6 Å². The number of anilines is 1. The van der Waals surface area contributed by atoms with Gasteiger partial charge in [-0.2, -0.15) is 4.98 Å².